The molecule has 2 rings (SSSR count). The molecule has 0 spiro atoms. The van der Waals surface area contributed by atoms with E-state index < -0.39 is 5.92 Å². The van der Waals surface area contributed by atoms with Gasteiger partial charge in [0, 0.05) is 28.0 Å². The maximum atomic E-state index is 13.4. The fraction of sp³-hybridized carbons (Fsp3) is 0.417. The van der Waals surface area contributed by atoms with Crippen molar-refractivity contribution in [1.29, 1.82) is 0 Å². The van der Waals surface area contributed by atoms with E-state index in [9.17, 15) is 8.78 Å². The van der Waals surface area contributed by atoms with Crippen LogP contribution < -0.4 is 0 Å². The lowest BCUT2D eigenvalue weighted by Crippen LogP contribution is -2.07. The SMILES string of the molecule is CC.Cc1[nH]nc2cc(Br)cc(C(C)(F)F)c12. The van der Waals surface area contributed by atoms with Gasteiger partial charge >= 0.3 is 0 Å². The van der Waals surface area contributed by atoms with Gasteiger partial charge in [-0.25, -0.2) is 8.78 Å². The predicted octanol–water partition coefficient (Wildman–Crippen LogP) is 4.77. The molecule has 2 nitrogen and oxygen atoms in total. The largest absolute Gasteiger partial charge is 0.282 e. The Kier molecular flexibility index (Phi) is 4.25. The third-order valence-corrected chi connectivity index (χ3v) is 2.73. The molecule has 17 heavy (non-hydrogen) atoms. The first-order valence-corrected chi connectivity index (χ1v) is 6.21. The van der Waals surface area contributed by atoms with E-state index in [1.807, 2.05) is 13.8 Å². The Morgan fingerprint density at radius 2 is 1.88 bits per heavy atom. The minimum absolute atomic E-state index is 0.00174. The first-order chi connectivity index (χ1) is 7.89. The first-order valence-electron chi connectivity index (χ1n) is 5.42. The second-order valence-electron chi connectivity index (χ2n) is 3.58. The van der Waals surface area contributed by atoms with E-state index in [2.05, 4.69) is 26.1 Å². The van der Waals surface area contributed by atoms with Crippen molar-refractivity contribution in [3.63, 3.8) is 0 Å². The number of alkyl halides is 2. The molecule has 0 bridgehead atoms. The van der Waals surface area contributed by atoms with Crippen LogP contribution in [0, 0.1) is 6.92 Å². The fourth-order valence-electron chi connectivity index (χ4n) is 1.62. The number of hydrogen-bond donors (Lipinski definition) is 1. The van der Waals surface area contributed by atoms with Gasteiger partial charge in [0.25, 0.3) is 5.92 Å². The highest BCUT2D eigenvalue weighted by Crippen LogP contribution is 2.36. The standard InChI is InChI=1S/C10H9BrF2N2.C2H6/c1-5-9-7(10(2,12)13)3-6(11)4-8(9)15-14-5;1-2/h3-4H,1-2H3,(H,14,15);1-2H3. The molecule has 0 aliphatic carbocycles. The highest BCUT2D eigenvalue weighted by molar-refractivity contribution is 9.10. The van der Waals surface area contributed by atoms with Crippen molar-refractivity contribution in [2.75, 3.05) is 0 Å². The van der Waals surface area contributed by atoms with Gasteiger partial charge in [-0.05, 0) is 19.1 Å². The predicted molar refractivity (Wildman–Crippen MR) is 69.4 cm³/mol. The van der Waals surface area contributed by atoms with Crippen LogP contribution in [-0.4, -0.2) is 10.2 Å². The summed E-state index contributed by atoms with van der Waals surface area (Å²) in [6.07, 6.45) is 0. The van der Waals surface area contributed by atoms with Crippen molar-refractivity contribution in [3.8, 4) is 0 Å². The van der Waals surface area contributed by atoms with Gasteiger partial charge in [0.2, 0.25) is 0 Å². The lowest BCUT2D eigenvalue weighted by molar-refractivity contribution is 0.0190. The molecule has 1 aromatic carbocycles. The molecule has 2 aromatic rings. The highest BCUT2D eigenvalue weighted by Gasteiger charge is 2.28. The van der Waals surface area contributed by atoms with E-state index in [1.165, 1.54) is 6.07 Å². The van der Waals surface area contributed by atoms with Crippen molar-refractivity contribution in [3.05, 3.63) is 27.9 Å². The van der Waals surface area contributed by atoms with Crippen LogP contribution in [0.15, 0.2) is 16.6 Å². The second kappa shape index (κ2) is 5.12. The number of benzene rings is 1. The summed E-state index contributed by atoms with van der Waals surface area (Å²) in [5, 5.41) is 7.18. The molecule has 0 saturated carbocycles. The molecule has 1 heterocycles. The number of nitrogens with zero attached hydrogens (tertiary/aromatic N) is 1. The van der Waals surface area contributed by atoms with Crippen LogP contribution in [0.25, 0.3) is 10.9 Å². The molecule has 94 valence electrons. The van der Waals surface area contributed by atoms with Gasteiger partial charge < -0.3 is 0 Å². The number of fused-ring (bicyclic) bond motifs is 1. The third kappa shape index (κ3) is 2.83. The van der Waals surface area contributed by atoms with E-state index in [4.69, 9.17) is 0 Å². The van der Waals surface area contributed by atoms with Gasteiger partial charge in [-0.15, -0.1) is 0 Å². The summed E-state index contributed by atoms with van der Waals surface area (Å²) < 4.78 is 27.3. The Bertz CT molecular complexity index is 515. The van der Waals surface area contributed by atoms with Crippen LogP contribution in [0.4, 0.5) is 8.78 Å². The number of hydrogen-bond acceptors (Lipinski definition) is 1. The molecular weight excluding hydrogens is 290 g/mol. The zero-order valence-corrected chi connectivity index (χ0v) is 11.8. The molecule has 1 aromatic heterocycles. The molecule has 5 heteroatoms. The first kappa shape index (κ1) is 14.1. The van der Waals surface area contributed by atoms with Gasteiger partial charge in [-0.2, -0.15) is 5.10 Å². The molecule has 0 aliphatic rings. The topological polar surface area (TPSA) is 28.7 Å². The average molecular weight is 305 g/mol. The lowest BCUT2D eigenvalue weighted by Gasteiger charge is -2.12. The lowest BCUT2D eigenvalue weighted by atomic mass is 10.0. The van der Waals surface area contributed by atoms with Crippen LogP contribution in [0.2, 0.25) is 0 Å². The molecule has 0 unspecified atom stereocenters. The van der Waals surface area contributed by atoms with Crippen LogP contribution >= 0.6 is 15.9 Å². The molecule has 1 N–H and O–H groups in total. The number of rotatable bonds is 1. The van der Waals surface area contributed by atoms with Gasteiger partial charge in [0.15, 0.2) is 0 Å². The number of aryl methyl sites for hydroxylation is 1. The molecule has 0 fully saturated rings. The number of aromatic amines is 1. The molecular formula is C12H15BrF2N2. The summed E-state index contributed by atoms with van der Waals surface area (Å²) in [5.41, 5.74) is 1.21. The summed E-state index contributed by atoms with van der Waals surface area (Å²) in [7, 11) is 0. The Hall–Kier alpha value is -0.970. The van der Waals surface area contributed by atoms with E-state index in [0.29, 0.717) is 21.1 Å². The van der Waals surface area contributed by atoms with Crippen LogP contribution in [-0.2, 0) is 5.92 Å². The minimum Gasteiger partial charge on any atom is -0.282 e. The molecule has 0 amide bonds. The monoisotopic (exact) mass is 304 g/mol. The molecule has 0 aliphatic heterocycles. The zero-order chi connectivity index (χ0) is 13.2. The summed E-state index contributed by atoms with van der Waals surface area (Å²) in [6, 6.07) is 3.15. The van der Waals surface area contributed by atoms with Crippen molar-refractivity contribution in [2.45, 2.75) is 33.6 Å². The van der Waals surface area contributed by atoms with Gasteiger partial charge in [0.05, 0.1) is 5.52 Å². The Balaban J connectivity index is 0.000000686. The van der Waals surface area contributed by atoms with Crippen LogP contribution in [0.5, 0.6) is 0 Å². The highest BCUT2D eigenvalue weighted by atomic mass is 79.9. The van der Waals surface area contributed by atoms with E-state index in [1.54, 1.807) is 13.0 Å². The second-order valence-corrected chi connectivity index (χ2v) is 4.50. The molecule has 0 atom stereocenters. The van der Waals surface area contributed by atoms with Gasteiger partial charge in [-0.1, -0.05) is 29.8 Å². The maximum Gasteiger partial charge on any atom is 0.271 e. The zero-order valence-electron chi connectivity index (χ0n) is 10.2. The van der Waals surface area contributed by atoms with E-state index in [0.717, 1.165) is 6.92 Å². The number of nitrogens with one attached hydrogen (secondary N) is 1. The number of halogens is 3. The summed E-state index contributed by atoms with van der Waals surface area (Å²) >= 11 is 3.20. The van der Waals surface area contributed by atoms with Crippen molar-refractivity contribution in [1.82, 2.24) is 10.2 Å². The van der Waals surface area contributed by atoms with Crippen LogP contribution in [0.1, 0.15) is 32.0 Å². The summed E-state index contributed by atoms with van der Waals surface area (Å²) in [5.74, 6) is -2.86. The Labute approximate surface area is 108 Å². The Morgan fingerprint density at radius 1 is 1.29 bits per heavy atom. The van der Waals surface area contributed by atoms with Crippen molar-refractivity contribution < 1.29 is 8.78 Å². The molecule has 0 radical (unpaired) electrons. The van der Waals surface area contributed by atoms with Gasteiger partial charge in [-0.3, -0.25) is 5.10 Å². The van der Waals surface area contributed by atoms with Crippen molar-refractivity contribution >= 4 is 26.8 Å². The maximum absolute atomic E-state index is 13.4. The summed E-state index contributed by atoms with van der Waals surface area (Å²) in [4.78, 5) is 0. The number of aromatic nitrogens is 2. The average Bonchev–Trinajstić information content (AvgIpc) is 2.61. The van der Waals surface area contributed by atoms with Gasteiger partial charge in [0.1, 0.15) is 0 Å². The minimum atomic E-state index is -2.86. The third-order valence-electron chi connectivity index (χ3n) is 2.27. The fourth-order valence-corrected chi connectivity index (χ4v) is 2.07. The van der Waals surface area contributed by atoms with Crippen molar-refractivity contribution in [2.24, 2.45) is 0 Å². The Morgan fingerprint density at radius 3 is 2.41 bits per heavy atom. The smallest absolute Gasteiger partial charge is 0.271 e. The number of H-pyrrole nitrogens is 1. The normalized spacial score (nSPS) is 11.2. The van der Waals surface area contributed by atoms with Crippen LogP contribution in [0.3, 0.4) is 0 Å². The molecule has 0 saturated heterocycles. The van der Waals surface area contributed by atoms with E-state index in [-0.39, 0.29) is 5.56 Å². The quantitative estimate of drug-likeness (QED) is 0.807. The summed E-state index contributed by atoms with van der Waals surface area (Å²) in [6.45, 7) is 6.62. The van der Waals surface area contributed by atoms with E-state index >= 15 is 0 Å².